The summed E-state index contributed by atoms with van der Waals surface area (Å²) in [6.45, 7) is 1.69. The summed E-state index contributed by atoms with van der Waals surface area (Å²) >= 11 is 0. The number of nitrogens with zero attached hydrogens (tertiary/aromatic N) is 3. The van der Waals surface area contributed by atoms with Gasteiger partial charge in [-0.15, -0.1) is 0 Å². The Bertz CT molecular complexity index is 625. The molecule has 0 saturated carbocycles. The number of amides is 1. The van der Waals surface area contributed by atoms with E-state index in [1.807, 2.05) is 11.0 Å². The molecule has 1 fully saturated rings. The predicted molar refractivity (Wildman–Crippen MR) is 80.8 cm³/mol. The van der Waals surface area contributed by atoms with Gasteiger partial charge < -0.3 is 10.2 Å². The van der Waals surface area contributed by atoms with E-state index in [9.17, 15) is 14.9 Å². The molecule has 1 N–H and O–H groups in total. The third-order valence-electron chi connectivity index (χ3n) is 3.40. The van der Waals surface area contributed by atoms with Crippen LogP contribution in [0.5, 0.6) is 0 Å². The van der Waals surface area contributed by atoms with Crippen molar-refractivity contribution >= 4 is 17.3 Å². The van der Waals surface area contributed by atoms with E-state index in [0.29, 0.717) is 5.69 Å². The highest BCUT2D eigenvalue weighted by atomic mass is 16.6. The molecule has 1 saturated heterocycles. The highest BCUT2D eigenvalue weighted by molar-refractivity contribution is 6.06. The maximum atomic E-state index is 12.1. The Morgan fingerprint density at radius 2 is 1.91 bits per heavy atom. The largest absolute Gasteiger partial charge is 0.376 e. The molecule has 22 heavy (non-hydrogen) atoms. The molecule has 1 aromatic rings. The lowest BCUT2D eigenvalue weighted by atomic mass is 10.1. The van der Waals surface area contributed by atoms with Gasteiger partial charge >= 0.3 is 0 Å². The number of piperidine rings is 1. The molecule has 7 nitrogen and oxygen atoms in total. The van der Waals surface area contributed by atoms with Crippen LogP contribution in [0.25, 0.3) is 0 Å². The van der Waals surface area contributed by atoms with E-state index in [-0.39, 0.29) is 11.3 Å². The van der Waals surface area contributed by atoms with Gasteiger partial charge in [-0.3, -0.25) is 14.9 Å². The van der Waals surface area contributed by atoms with Gasteiger partial charge in [0.05, 0.1) is 4.92 Å². The molecule has 0 atom stereocenters. The average molecular weight is 300 g/mol. The van der Waals surface area contributed by atoms with Crippen LogP contribution in [-0.2, 0) is 4.79 Å². The van der Waals surface area contributed by atoms with Gasteiger partial charge in [0.25, 0.3) is 11.6 Å². The Morgan fingerprint density at radius 3 is 2.45 bits per heavy atom. The molecular formula is C15H16N4O3. The van der Waals surface area contributed by atoms with Crippen molar-refractivity contribution in [2.75, 3.05) is 18.4 Å². The fourth-order valence-electron chi connectivity index (χ4n) is 2.23. The van der Waals surface area contributed by atoms with Gasteiger partial charge in [0.15, 0.2) is 0 Å². The van der Waals surface area contributed by atoms with E-state index in [4.69, 9.17) is 5.26 Å². The van der Waals surface area contributed by atoms with Crippen molar-refractivity contribution in [3.8, 4) is 6.07 Å². The van der Waals surface area contributed by atoms with Gasteiger partial charge in [0.2, 0.25) is 0 Å². The highest BCUT2D eigenvalue weighted by Crippen LogP contribution is 2.16. The molecule has 0 aromatic heterocycles. The van der Waals surface area contributed by atoms with Crippen LogP contribution in [0.15, 0.2) is 36.0 Å². The zero-order chi connectivity index (χ0) is 15.9. The molecule has 1 aliphatic rings. The summed E-state index contributed by atoms with van der Waals surface area (Å²) < 4.78 is 0. The van der Waals surface area contributed by atoms with Crippen LogP contribution in [0.1, 0.15) is 19.3 Å². The molecule has 0 aliphatic carbocycles. The van der Waals surface area contributed by atoms with Crippen molar-refractivity contribution in [3.63, 3.8) is 0 Å². The number of rotatable bonds is 4. The third kappa shape index (κ3) is 4.06. The number of likely N-dealkylation sites (tertiary alicyclic amines) is 1. The van der Waals surface area contributed by atoms with Gasteiger partial charge in [0, 0.05) is 37.1 Å². The summed E-state index contributed by atoms with van der Waals surface area (Å²) in [7, 11) is 0. The summed E-state index contributed by atoms with van der Waals surface area (Å²) in [6, 6.07) is 7.37. The Hall–Kier alpha value is -2.88. The maximum Gasteiger partial charge on any atom is 0.269 e. The van der Waals surface area contributed by atoms with E-state index in [0.717, 1.165) is 25.9 Å². The van der Waals surface area contributed by atoms with Gasteiger partial charge in [-0.1, -0.05) is 0 Å². The normalized spacial score (nSPS) is 15.0. The van der Waals surface area contributed by atoms with E-state index >= 15 is 0 Å². The summed E-state index contributed by atoms with van der Waals surface area (Å²) in [5.41, 5.74) is 0.387. The zero-order valence-electron chi connectivity index (χ0n) is 12.0. The molecule has 114 valence electrons. The number of nitrogens with one attached hydrogen (secondary N) is 1. The number of benzene rings is 1. The molecular weight excluding hydrogens is 284 g/mol. The van der Waals surface area contributed by atoms with Crippen LogP contribution in [0.2, 0.25) is 0 Å². The summed E-state index contributed by atoms with van der Waals surface area (Å²) in [4.78, 5) is 24.1. The molecule has 1 heterocycles. The molecule has 0 bridgehead atoms. The van der Waals surface area contributed by atoms with Gasteiger partial charge in [-0.05, 0) is 31.4 Å². The minimum Gasteiger partial charge on any atom is -0.376 e. The molecule has 0 radical (unpaired) electrons. The van der Waals surface area contributed by atoms with E-state index in [2.05, 4.69) is 5.32 Å². The number of hydrogen-bond acceptors (Lipinski definition) is 5. The number of nitro benzene ring substituents is 1. The van der Waals surface area contributed by atoms with Crippen LogP contribution in [0.3, 0.4) is 0 Å². The van der Waals surface area contributed by atoms with Crippen molar-refractivity contribution in [1.82, 2.24) is 4.90 Å². The Kier molecular flexibility index (Phi) is 5.09. The molecule has 0 spiro atoms. The van der Waals surface area contributed by atoms with Crippen molar-refractivity contribution < 1.29 is 9.72 Å². The Morgan fingerprint density at radius 1 is 1.27 bits per heavy atom. The molecule has 2 rings (SSSR count). The SMILES string of the molecule is N#C/C(=C/N1CCCCC1)C(=O)Nc1ccc([N+](=O)[O-])cc1. The Labute approximate surface area is 128 Å². The lowest BCUT2D eigenvalue weighted by Gasteiger charge is -2.25. The molecule has 1 amide bonds. The molecule has 0 unspecified atom stereocenters. The molecule has 1 aliphatic heterocycles. The topological polar surface area (TPSA) is 99.3 Å². The first-order valence-corrected chi connectivity index (χ1v) is 7.02. The maximum absolute atomic E-state index is 12.1. The van der Waals surface area contributed by atoms with Crippen molar-refractivity contribution in [2.24, 2.45) is 0 Å². The predicted octanol–water partition coefficient (Wildman–Crippen LogP) is 2.43. The summed E-state index contributed by atoms with van der Waals surface area (Å²) in [6.07, 6.45) is 4.86. The summed E-state index contributed by atoms with van der Waals surface area (Å²) in [5, 5.41) is 22.3. The number of anilines is 1. The fraction of sp³-hybridized carbons (Fsp3) is 0.333. The van der Waals surface area contributed by atoms with Crippen LogP contribution in [0.4, 0.5) is 11.4 Å². The van der Waals surface area contributed by atoms with Crippen LogP contribution >= 0.6 is 0 Å². The number of nitriles is 1. The van der Waals surface area contributed by atoms with Crippen LogP contribution < -0.4 is 5.32 Å². The van der Waals surface area contributed by atoms with E-state index in [1.54, 1.807) is 6.20 Å². The van der Waals surface area contributed by atoms with Gasteiger partial charge in [0.1, 0.15) is 11.6 Å². The second-order valence-corrected chi connectivity index (χ2v) is 5.01. The first kappa shape index (κ1) is 15.5. The second kappa shape index (κ2) is 7.22. The van der Waals surface area contributed by atoms with Gasteiger partial charge in [-0.25, -0.2) is 0 Å². The zero-order valence-corrected chi connectivity index (χ0v) is 12.0. The van der Waals surface area contributed by atoms with Crippen molar-refractivity contribution in [1.29, 1.82) is 5.26 Å². The standard InChI is InChI=1S/C15H16N4O3/c16-10-12(11-18-8-2-1-3-9-18)15(20)17-13-4-6-14(7-5-13)19(21)22/h4-7,11H,1-3,8-9H2,(H,17,20)/b12-11-. The number of hydrogen-bond donors (Lipinski definition) is 1. The quantitative estimate of drug-likeness (QED) is 0.398. The lowest BCUT2D eigenvalue weighted by Crippen LogP contribution is -2.26. The Balaban J connectivity index is 2.04. The molecule has 7 heteroatoms. The third-order valence-corrected chi connectivity index (χ3v) is 3.40. The van der Waals surface area contributed by atoms with E-state index in [1.165, 1.54) is 30.7 Å². The van der Waals surface area contributed by atoms with Gasteiger partial charge in [-0.2, -0.15) is 5.26 Å². The number of carbonyl (C=O) groups excluding carboxylic acids is 1. The number of nitro groups is 1. The average Bonchev–Trinajstić information content (AvgIpc) is 2.54. The monoisotopic (exact) mass is 300 g/mol. The van der Waals surface area contributed by atoms with Crippen molar-refractivity contribution in [3.05, 3.63) is 46.2 Å². The smallest absolute Gasteiger partial charge is 0.269 e. The van der Waals surface area contributed by atoms with Crippen LogP contribution in [-0.4, -0.2) is 28.8 Å². The fourth-order valence-corrected chi connectivity index (χ4v) is 2.23. The van der Waals surface area contributed by atoms with E-state index < -0.39 is 10.8 Å². The highest BCUT2D eigenvalue weighted by Gasteiger charge is 2.14. The number of carbonyl (C=O) groups is 1. The minimum absolute atomic E-state index is 0.0280. The second-order valence-electron chi connectivity index (χ2n) is 5.01. The molecule has 1 aromatic carbocycles. The minimum atomic E-state index is -0.512. The summed E-state index contributed by atoms with van der Waals surface area (Å²) in [5.74, 6) is -0.512. The van der Waals surface area contributed by atoms with Crippen LogP contribution in [0, 0.1) is 21.4 Å². The van der Waals surface area contributed by atoms with Crippen molar-refractivity contribution in [2.45, 2.75) is 19.3 Å². The first-order chi connectivity index (χ1) is 10.6. The first-order valence-electron chi connectivity index (χ1n) is 7.02. The lowest BCUT2D eigenvalue weighted by molar-refractivity contribution is -0.384. The number of non-ortho nitro benzene ring substituents is 1.